The van der Waals surface area contributed by atoms with Crippen molar-refractivity contribution < 1.29 is 17.6 Å². The van der Waals surface area contributed by atoms with Gasteiger partial charge < -0.3 is 10.2 Å². The van der Waals surface area contributed by atoms with Crippen LogP contribution in [-0.2, 0) is 14.8 Å². The molecule has 0 spiro atoms. The summed E-state index contributed by atoms with van der Waals surface area (Å²) in [6, 6.07) is 7.76. The van der Waals surface area contributed by atoms with Crippen molar-refractivity contribution in [1.82, 2.24) is 14.6 Å². The van der Waals surface area contributed by atoms with E-state index in [2.05, 4.69) is 10.3 Å². The number of carbonyl (C=O) groups is 1. The lowest BCUT2D eigenvalue weighted by Crippen LogP contribution is -2.50. The molecule has 156 valence electrons. The fourth-order valence-corrected chi connectivity index (χ4v) is 4.51. The molecular weight excluding hydrogens is 395 g/mol. The second-order valence-electron chi connectivity index (χ2n) is 7.26. The molecule has 1 amide bonds. The predicted octanol–water partition coefficient (Wildman–Crippen LogP) is 1.93. The van der Waals surface area contributed by atoms with Crippen LogP contribution in [0.15, 0.2) is 47.6 Å². The van der Waals surface area contributed by atoms with Gasteiger partial charge in [0.15, 0.2) is 0 Å². The third-order valence-electron chi connectivity index (χ3n) is 4.94. The van der Waals surface area contributed by atoms with E-state index < -0.39 is 15.9 Å². The Morgan fingerprint density at radius 3 is 2.90 bits per heavy atom. The Hall–Kier alpha value is -2.52. The SMILES string of the molecule is Cc1ccc(F)c(N2CCCC(NC(=O)CN(C)S(=O)(=O)c3cccnc3)C2)c1. The molecular formula is C20H25FN4O3S. The van der Waals surface area contributed by atoms with E-state index in [1.54, 1.807) is 12.1 Å². The second kappa shape index (κ2) is 8.87. The van der Waals surface area contributed by atoms with Gasteiger partial charge >= 0.3 is 0 Å². The summed E-state index contributed by atoms with van der Waals surface area (Å²) in [5, 5.41) is 2.88. The van der Waals surface area contributed by atoms with Crippen LogP contribution in [0.4, 0.5) is 10.1 Å². The minimum atomic E-state index is -3.79. The highest BCUT2D eigenvalue weighted by Crippen LogP contribution is 2.24. The van der Waals surface area contributed by atoms with Gasteiger partial charge in [-0.3, -0.25) is 9.78 Å². The molecule has 1 fully saturated rings. The first kappa shape index (κ1) is 21.2. The second-order valence-corrected chi connectivity index (χ2v) is 9.30. The molecule has 2 heterocycles. The Morgan fingerprint density at radius 2 is 2.17 bits per heavy atom. The van der Waals surface area contributed by atoms with E-state index in [1.807, 2.05) is 11.8 Å². The lowest BCUT2D eigenvalue weighted by atomic mass is 10.0. The molecule has 0 saturated carbocycles. The van der Waals surface area contributed by atoms with Crippen molar-refractivity contribution in [2.75, 3.05) is 31.6 Å². The summed E-state index contributed by atoms with van der Waals surface area (Å²) < 4.78 is 40.2. The number of carbonyl (C=O) groups excluding carboxylic acids is 1. The quantitative estimate of drug-likeness (QED) is 0.772. The number of sulfonamides is 1. The zero-order valence-electron chi connectivity index (χ0n) is 16.5. The minimum Gasteiger partial charge on any atom is -0.367 e. The minimum absolute atomic E-state index is 0.0362. The summed E-state index contributed by atoms with van der Waals surface area (Å²) in [4.78, 5) is 18.2. The van der Waals surface area contributed by atoms with Crippen molar-refractivity contribution >= 4 is 21.6 Å². The summed E-state index contributed by atoms with van der Waals surface area (Å²) in [6.07, 6.45) is 4.30. The van der Waals surface area contributed by atoms with E-state index in [0.717, 1.165) is 22.7 Å². The van der Waals surface area contributed by atoms with Gasteiger partial charge in [-0.2, -0.15) is 4.31 Å². The molecule has 1 aromatic carbocycles. The number of nitrogens with zero attached hydrogens (tertiary/aromatic N) is 3. The number of likely N-dealkylation sites (N-methyl/N-ethyl adjacent to an activating group) is 1. The van der Waals surface area contributed by atoms with Crippen LogP contribution in [-0.4, -0.2) is 56.3 Å². The fourth-order valence-electron chi connectivity index (χ4n) is 3.42. The molecule has 1 atom stereocenters. The van der Waals surface area contributed by atoms with Crippen LogP contribution in [0.3, 0.4) is 0 Å². The third-order valence-corrected chi connectivity index (χ3v) is 6.72. The molecule has 0 bridgehead atoms. The molecule has 7 nitrogen and oxygen atoms in total. The van der Waals surface area contributed by atoms with Crippen LogP contribution >= 0.6 is 0 Å². The van der Waals surface area contributed by atoms with Gasteiger partial charge in [0.1, 0.15) is 10.7 Å². The first-order valence-corrected chi connectivity index (χ1v) is 10.9. The molecule has 0 radical (unpaired) electrons. The van der Waals surface area contributed by atoms with Gasteiger partial charge in [-0.1, -0.05) is 6.07 Å². The summed E-state index contributed by atoms with van der Waals surface area (Å²) in [5.74, 6) is -0.679. The molecule has 1 unspecified atom stereocenters. The van der Waals surface area contributed by atoms with Crippen LogP contribution in [0.5, 0.6) is 0 Å². The zero-order chi connectivity index (χ0) is 21.0. The highest BCUT2D eigenvalue weighted by Gasteiger charge is 2.26. The van der Waals surface area contributed by atoms with Gasteiger partial charge in [-0.15, -0.1) is 0 Å². The zero-order valence-corrected chi connectivity index (χ0v) is 17.3. The van der Waals surface area contributed by atoms with Gasteiger partial charge in [0.05, 0.1) is 12.2 Å². The van der Waals surface area contributed by atoms with E-state index >= 15 is 0 Å². The summed E-state index contributed by atoms with van der Waals surface area (Å²) in [7, 11) is -2.43. The molecule has 1 aromatic heterocycles. The highest BCUT2D eigenvalue weighted by atomic mass is 32.2. The van der Waals surface area contributed by atoms with Gasteiger partial charge in [0.2, 0.25) is 15.9 Å². The van der Waals surface area contributed by atoms with E-state index in [-0.39, 0.29) is 23.3 Å². The Kier molecular flexibility index (Phi) is 6.49. The molecule has 1 aliphatic rings. The number of aryl methyl sites for hydroxylation is 1. The molecule has 29 heavy (non-hydrogen) atoms. The number of benzene rings is 1. The lowest BCUT2D eigenvalue weighted by Gasteiger charge is -2.35. The number of pyridine rings is 1. The van der Waals surface area contributed by atoms with Gasteiger partial charge in [-0.05, 0) is 49.6 Å². The first-order chi connectivity index (χ1) is 13.8. The van der Waals surface area contributed by atoms with E-state index in [1.165, 1.54) is 37.6 Å². The fraction of sp³-hybridized carbons (Fsp3) is 0.400. The van der Waals surface area contributed by atoms with Gasteiger partial charge in [-0.25, -0.2) is 12.8 Å². The maximum Gasteiger partial charge on any atom is 0.244 e. The molecule has 3 rings (SSSR count). The Bertz CT molecular complexity index is 969. The van der Waals surface area contributed by atoms with Crippen LogP contribution in [0, 0.1) is 12.7 Å². The largest absolute Gasteiger partial charge is 0.367 e. The number of anilines is 1. The van der Waals surface area contributed by atoms with E-state index in [0.29, 0.717) is 18.8 Å². The number of nitrogens with one attached hydrogen (secondary N) is 1. The maximum absolute atomic E-state index is 14.2. The summed E-state index contributed by atoms with van der Waals surface area (Å²) in [5.41, 5.74) is 1.50. The van der Waals surface area contributed by atoms with Crippen molar-refractivity contribution in [3.63, 3.8) is 0 Å². The van der Waals surface area contributed by atoms with Crippen LogP contribution in [0.25, 0.3) is 0 Å². The van der Waals surface area contributed by atoms with Crippen molar-refractivity contribution in [1.29, 1.82) is 0 Å². The van der Waals surface area contributed by atoms with Crippen LogP contribution in [0.1, 0.15) is 18.4 Å². The van der Waals surface area contributed by atoms with Crippen LogP contribution in [0.2, 0.25) is 0 Å². The van der Waals surface area contributed by atoms with Crippen molar-refractivity contribution in [2.45, 2.75) is 30.7 Å². The summed E-state index contributed by atoms with van der Waals surface area (Å²) in [6.45, 7) is 2.80. The number of hydrogen-bond donors (Lipinski definition) is 1. The van der Waals surface area contributed by atoms with E-state index in [9.17, 15) is 17.6 Å². The molecule has 0 aliphatic carbocycles. The van der Waals surface area contributed by atoms with Crippen LogP contribution < -0.4 is 10.2 Å². The number of piperidine rings is 1. The molecule has 1 saturated heterocycles. The summed E-state index contributed by atoms with van der Waals surface area (Å²) >= 11 is 0. The number of hydrogen-bond acceptors (Lipinski definition) is 5. The molecule has 1 aliphatic heterocycles. The predicted molar refractivity (Wildman–Crippen MR) is 109 cm³/mol. The standard InChI is InChI=1S/C20H25FN4O3S/c1-15-7-8-18(21)19(11-15)25-10-4-5-16(13-25)23-20(26)14-24(2)29(27,28)17-6-3-9-22-12-17/h3,6-9,11-12,16H,4-5,10,13-14H2,1-2H3,(H,23,26). The average Bonchev–Trinajstić information content (AvgIpc) is 2.70. The van der Waals surface area contributed by atoms with Crippen molar-refractivity contribution in [3.05, 3.63) is 54.1 Å². The van der Waals surface area contributed by atoms with E-state index in [4.69, 9.17) is 0 Å². The number of halogens is 1. The Morgan fingerprint density at radius 1 is 1.38 bits per heavy atom. The Balaban J connectivity index is 1.61. The monoisotopic (exact) mass is 420 g/mol. The smallest absolute Gasteiger partial charge is 0.244 e. The van der Waals surface area contributed by atoms with Crippen molar-refractivity contribution in [3.8, 4) is 0 Å². The number of amides is 1. The molecule has 1 N–H and O–H groups in total. The highest BCUT2D eigenvalue weighted by molar-refractivity contribution is 7.89. The maximum atomic E-state index is 14.2. The van der Waals surface area contributed by atoms with Gasteiger partial charge in [0, 0.05) is 38.6 Å². The normalized spacial score (nSPS) is 17.4. The third kappa shape index (κ3) is 5.10. The van der Waals surface area contributed by atoms with Crippen molar-refractivity contribution in [2.24, 2.45) is 0 Å². The van der Waals surface area contributed by atoms with Gasteiger partial charge in [0.25, 0.3) is 0 Å². The Labute approximate surface area is 170 Å². The average molecular weight is 421 g/mol. The molecule has 9 heteroatoms. The number of aromatic nitrogens is 1. The molecule has 2 aromatic rings. The first-order valence-electron chi connectivity index (χ1n) is 9.44. The number of rotatable bonds is 6. The topological polar surface area (TPSA) is 82.6 Å². The lowest BCUT2D eigenvalue weighted by molar-refractivity contribution is -0.121.